The number of nitrogens with one attached hydrogen (secondary N) is 2. The van der Waals surface area contributed by atoms with Crippen LogP contribution in [0.15, 0.2) is 21.3 Å². The Morgan fingerprint density at radius 3 is 2.68 bits per heavy atom. The molecule has 1 saturated heterocycles. The highest BCUT2D eigenvalue weighted by molar-refractivity contribution is 7.87. The molecule has 3 atom stereocenters. The lowest BCUT2D eigenvalue weighted by Crippen LogP contribution is -2.52. The number of aromatic amines is 1. The highest BCUT2D eigenvalue weighted by Gasteiger charge is 2.37. The van der Waals surface area contributed by atoms with E-state index >= 15 is 0 Å². The molecule has 0 saturated carbocycles. The summed E-state index contributed by atoms with van der Waals surface area (Å²) < 4.78 is 50.4. The van der Waals surface area contributed by atoms with E-state index in [0.717, 1.165) is 18.4 Å². The summed E-state index contributed by atoms with van der Waals surface area (Å²) in [6, 6.07) is 2.05. The third-order valence-electron chi connectivity index (χ3n) is 6.11. The summed E-state index contributed by atoms with van der Waals surface area (Å²) in [5, 5.41) is 6.00. The van der Waals surface area contributed by atoms with Gasteiger partial charge in [0, 0.05) is 25.0 Å². The fraction of sp³-hybridized carbons (Fsp3) is 0.600. The van der Waals surface area contributed by atoms with Crippen LogP contribution in [-0.4, -0.2) is 61.0 Å². The number of rotatable bonds is 7. The zero-order valence-electron chi connectivity index (χ0n) is 18.5. The Kier molecular flexibility index (Phi) is 6.99. The number of piperidine rings is 1. The topological polar surface area (TPSA) is 112 Å². The first-order valence-corrected chi connectivity index (χ1v) is 11.7. The third kappa shape index (κ3) is 5.05. The van der Waals surface area contributed by atoms with Crippen molar-refractivity contribution >= 4 is 10.2 Å². The van der Waals surface area contributed by atoms with E-state index in [1.807, 2.05) is 25.9 Å². The first-order chi connectivity index (χ1) is 14.5. The zero-order valence-corrected chi connectivity index (χ0v) is 19.3. The average Bonchev–Trinajstić information content (AvgIpc) is 3.15. The highest BCUT2D eigenvalue weighted by atomic mass is 32.2. The van der Waals surface area contributed by atoms with Gasteiger partial charge in [-0.25, -0.2) is 14.3 Å². The lowest BCUT2D eigenvalue weighted by atomic mass is 9.88. The molecule has 2 heterocycles. The highest BCUT2D eigenvalue weighted by Crippen LogP contribution is 2.35. The summed E-state index contributed by atoms with van der Waals surface area (Å²) in [5.41, 5.74) is 1.93. The van der Waals surface area contributed by atoms with Crippen LogP contribution < -0.4 is 10.5 Å². The van der Waals surface area contributed by atoms with Crippen LogP contribution in [0, 0.1) is 19.7 Å². The van der Waals surface area contributed by atoms with E-state index < -0.39 is 33.7 Å². The summed E-state index contributed by atoms with van der Waals surface area (Å²) in [6.45, 7) is 6.04. The molecule has 0 spiro atoms. The number of H-pyrrole nitrogens is 1. The summed E-state index contributed by atoms with van der Waals surface area (Å²) in [6.07, 6.45) is 1.63. The van der Waals surface area contributed by atoms with Crippen LogP contribution in [0.2, 0.25) is 0 Å². The van der Waals surface area contributed by atoms with E-state index in [1.54, 1.807) is 19.9 Å². The minimum absolute atomic E-state index is 0.0981. The smallest absolute Gasteiger partial charge is 0.391 e. The molecule has 0 bridgehead atoms. The van der Waals surface area contributed by atoms with Gasteiger partial charge in [-0.15, -0.1) is 5.10 Å². The lowest BCUT2D eigenvalue weighted by Gasteiger charge is -2.36. The van der Waals surface area contributed by atoms with Gasteiger partial charge in [-0.1, -0.05) is 13.0 Å². The summed E-state index contributed by atoms with van der Waals surface area (Å²) in [7, 11) is -0.124. The standard InChI is InChI=1S/C20H30FN5O4S/c1-12-8-9-16(21)17(13(12)2)14(3)18(19-22-23-20(27)30-19)24-31(28,29)26-10-6-7-15(11-26)25(4)5/h8-9,14-15,18,24H,6-7,10-11H2,1-5H3,(H,23,27)/t14?,15?,18-/m0/s1. The zero-order chi connectivity index (χ0) is 22.9. The molecule has 2 N–H and O–H groups in total. The molecule has 0 amide bonds. The Labute approximate surface area is 181 Å². The van der Waals surface area contributed by atoms with Crippen LogP contribution in [0.1, 0.15) is 54.3 Å². The van der Waals surface area contributed by atoms with Crippen molar-refractivity contribution < 1.29 is 17.2 Å². The molecule has 1 aliphatic heterocycles. The van der Waals surface area contributed by atoms with E-state index in [4.69, 9.17) is 4.42 Å². The molecule has 31 heavy (non-hydrogen) atoms. The Bertz CT molecular complexity index is 1080. The molecule has 2 aromatic rings. The molecular formula is C20H30FN5O4S. The summed E-state index contributed by atoms with van der Waals surface area (Å²) >= 11 is 0. The molecule has 172 valence electrons. The van der Waals surface area contributed by atoms with Crippen molar-refractivity contribution in [3.8, 4) is 0 Å². The SMILES string of the molecule is Cc1ccc(F)c(C(C)[C@H](NS(=O)(=O)N2CCCC(N(C)C)C2)c2n[nH]c(=O)o2)c1C. The number of aryl methyl sites for hydroxylation is 1. The third-order valence-corrected chi connectivity index (χ3v) is 7.68. The average molecular weight is 456 g/mol. The number of likely N-dealkylation sites (N-methyl/N-ethyl adjacent to an activating group) is 1. The van der Waals surface area contributed by atoms with Crippen molar-refractivity contribution in [1.29, 1.82) is 0 Å². The van der Waals surface area contributed by atoms with E-state index in [1.165, 1.54) is 10.4 Å². The van der Waals surface area contributed by atoms with Crippen LogP contribution in [0.25, 0.3) is 0 Å². The second-order valence-electron chi connectivity index (χ2n) is 8.36. The molecule has 0 radical (unpaired) electrons. The van der Waals surface area contributed by atoms with Crippen LogP contribution in [0.4, 0.5) is 4.39 Å². The van der Waals surface area contributed by atoms with Crippen molar-refractivity contribution in [2.24, 2.45) is 0 Å². The van der Waals surface area contributed by atoms with Gasteiger partial charge in [0.2, 0.25) is 5.89 Å². The number of nitrogens with zero attached hydrogens (tertiary/aromatic N) is 3. The van der Waals surface area contributed by atoms with Gasteiger partial charge in [0.1, 0.15) is 11.9 Å². The van der Waals surface area contributed by atoms with Crippen LogP contribution in [-0.2, 0) is 10.2 Å². The number of benzene rings is 1. The van der Waals surface area contributed by atoms with Crippen molar-refractivity contribution in [2.75, 3.05) is 27.2 Å². The van der Waals surface area contributed by atoms with E-state index in [9.17, 15) is 17.6 Å². The Morgan fingerprint density at radius 1 is 1.35 bits per heavy atom. The van der Waals surface area contributed by atoms with E-state index in [2.05, 4.69) is 14.9 Å². The maximum Gasteiger partial charge on any atom is 0.434 e. The number of hydrogen-bond donors (Lipinski definition) is 2. The molecule has 2 unspecified atom stereocenters. The summed E-state index contributed by atoms with van der Waals surface area (Å²) in [4.78, 5) is 13.6. The van der Waals surface area contributed by atoms with Gasteiger partial charge in [-0.3, -0.25) is 0 Å². The monoisotopic (exact) mass is 455 g/mol. The van der Waals surface area contributed by atoms with Gasteiger partial charge in [-0.05, 0) is 63.5 Å². The van der Waals surface area contributed by atoms with Crippen LogP contribution in [0.5, 0.6) is 0 Å². The maximum absolute atomic E-state index is 14.8. The Balaban J connectivity index is 1.97. The van der Waals surface area contributed by atoms with Gasteiger partial charge in [0.25, 0.3) is 10.2 Å². The molecule has 1 aromatic carbocycles. The fourth-order valence-corrected chi connectivity index (χ4v) is 5.58. The Morgan fingerprint density at radius 2 is 2.06 bits per heavy atom. The molecule has 1 aliphatic rings. The van der Waals surface area contributed by atoms with Crippen molar-refractivity contribution in [1.82, 2.24) is 24.1 Å². The van der Waals surface area contributed by atoms with Gasteiger partial charge < -0.3 is 9.32 Å². The number of hydrogen-bond acceptors (Lipinski definition) is 6. The van der Waals surface area contributed by atoms with Gasteiger partial charge >= 0.3 is 5.76 Å². The predicted molar refractivity (Wildman–Crippen MR) is 114 cm³/mol. The van der Waals surface area contributed by atoms with Crippen molar-refractivity contribution in [3.05, 3.63) is 51.1 Å². The quantitative estimate of drug-likeness (QED) is 0.659. The number of halogens is 1. The fourth-order valence-electron chi connectivity index (χ4n) is 4.07. The van der Waals surface area contributed by atoms with Crippen LogP contribution >= 0.6 is 0 Å². The second kappa shape index (κ2) is 9.19. The molecule has 9 nitrogen and oxygen atoms in total. The molecule has 11 heteroatoms. The van der Waals surface area contributed by atoms with Gasteiger partial charge in [0.05, 0.1) is 0 Å². The largest absolute Gasteiger partial charge is 0.434 e. The molecular weight excluding hydrogens is 425 g/mol. The predicted octanol–water partition coefficient (Wildman–Crippen LogP) is 1.82. The molecule has 0 aliphatic carbocycles. The van der Waals surface area contributed by atoms with E-state index in [0.29, 0.717) is 24.2 Å². The minimum Gasteiger partial charge on any atom is -0.391 e. The number of aromatic nitrogens is 2. The van der Waals surface area contributed by atoms with Crippen molar-refractivity contribution in [2.45, 2.75) is 51.6 Å². The first kappa shape index (κ1) is 23.6. The second-order valence-corrected chi connectivity index (χ2v) is 10.1. The van der Waals surface area contributed by atoms with E-state index in [-0.39, 0.29) is 11.9 Å². The molecule has 3 rings (SSSR count). The molecule has 1 fully saturated rings. The van der Waals surface area contributed by atoms with Gasteiger partial charge in [-0.2, -0.15) is 17.4 Å². The molecule has 1 aromatic heterocycles. The van der Waals surface area contributed by atoms with Crippen molar-refractivity contribution in [3.63, 3.8) is 0 Å². The van der Waals surface area contributed by atoms with Gasteiger partial charge in [0.15, 0.2) is 0 Å². The normalized spacial score (nSPS) is 20.2. The minimum atomic E-state index is -3.96. The Hall–Kier alpha value is -2.08. The first-order valence-electron chi connectivity index (χ1n) is 10.3. The lowest BCUT2D eigenvalue weighted by molar-refractivity contribution is 0.188. The van der Waals surface area contributed by atoms with Crippen LogP contribution in [0.3, 0.4) is 0 Å². The summed E-state index contributed by atoms with van der Waals surface area (Å²) in [5.74, 6) is -2.08. The maximum atomic E-state index is 14.8.